The first-order valence-electron chi connectivity index (χ1n) is 6.55. The molecule has 0 unspecified atom stereocenters. The number of nitrogens with one attached hydrogen (secondary N) is 1. The number of hydrogen-bond donors (Lipinski definition) is 1. The van der Waals surface area contributed by atoms with Crippen molar-refractivity contribution in [3.8, 4) is 6.07 Å². The molecule has 0 aliphatic rings. The minimum atomic E-state index is -3.38. The maximum atomic E-state index is 12.1. The van der Waals surface area contributed by atoms with Gasteiger partial charge in [-0.2, -0.15) is 5.26 Å². The zero-order chi connectivity index (χ0) is 15.3. The van der Waals surface area contributed by atoms with Crippen molar-refractivity contribution in [1.82, 2.24) is 4.72 Å². The van der Waals surface area contributed by atoms with Crippen molar-refractivity contribution in [2.24, 2.45) is 0 Å². The molecule has 0 bridgehead atoms. The van der Waals surface area contributed by atoms with Crippen LogP contribution in [0.2, 0.25) is 0 Å². The van der Waals surface area contributed by atoms with Gasteiger partial charge in [0.2, 0.25) is 10.0 Å². The summed E-state index contributed by atoms with van der Waals surface area (Å²) >= 11 is 1.56. The Bertz CT molecular complexity index is 741. The Morgan fingerprint density at radius 3 is 2.57 bits per heavy atom. The van der Waals surface area contributed by atoms with Crippen molar-refractivity contribution in [3.63, 3.8) is 0 Å². The van der Waals surface area contributed by atoms with Crippen LogP contribution in [-0.2, 0) is 28.7 Å². The zero-order valence-corrected chi connectivity index (χ0v) is 13.3. The number of nitriles is 1. The fourth-order valence-electron chi connectivity index (χ4n) is 1.96. The van der Waals surface area contributed by atoms with Crippen LogP contribution in [0.5, 0.6) is 0 Å². The summed E-state index contributed by atoms with van der Waals surface area (Å²) in [5.74, 6) is -0.0778. The summed E-state index contributed by atoms with van der Waals surface area (Å²) in [5.41, 5.74) is 2.37. The maximum Gasteiger partial charge on any atom is 0.216 e. The number of benzene rings is 1. The molecule has 21 heavy (non-hydrogen) atoms. The van der Waals surface area contributed by atoms with Crippen LogP contribution in [0.3, 0.4) is 0 Å². The Kier molecular flexibility index (Phi) is 5.12. The molecule has 1 aromatic carbocycles. The van der Waals surface area contributed by atoms with Gasteiger partial charge < -0.3 is 0 Å². The summed E-state index contributed by atoms with van der Waals surface area (Å²) in [7, 11) is -3.38. The largest absolute Gasteiger partial charge is 0.216 e. The van der Waals surface area contributed by atoms with Gasteiger partial charge in [-0.05, 0) is 41.1 Å². The molecule has 0 aliphatic heterocycles. The van der Waals surface area contributed by atoms with E-state index in [0.717, 1.165) is 11.3 Å². The quantitative estimate of drug-likeness (QED) is 0.889. The SMILES string of the molecule is CCc1ccsc1CNS(=O)(=O)Cc1ccc(C#N)cc1. The predicted molar refractivity (Wildman–Crippen MR) is 84.3 cm³/mol. The molecule has 1 N–H and O–H groups in total. The molecule has 0 saturated heterocycles. The lowest BCUT2D eigenvalue weighted by molar-refractivity contribution is 0.581. The van der Waals surface area contributed by atoms with Crippen molar-refractivity contribution in [2.75, 3.05) is 0 Å². The summed E-state index contributed by atoms with van der Waals surface area (Å²) in [6.07, 6.45) is 0.899. The number of nitrogens with zero attached hydrogens (tertiary/aromatic N) is 1. The monoisotopic (exact) mass is 320 g/mol. The first-order chi connectivity index (χ1) is 10.0. The third kappa shape index (κ3) is 4.39. The van der Waals surface area contributed by atoms with E-state index in [0.29, 0.717) is 17.7 Å². The first kappa shape index (κ1) is 15.7. The fourth-order valence-corrected chi connectivity index (χ4v) is 4.06. The van der Waals surface area contributed by atoms with E-state index in [9.17, 15) is 8.42 Å². The van der Waals surface area contributed by atoms with Crippen LogP contribution in [0.25, 0.3) is 0 Å². The van der Waals surface area contributed by atoms with Gasteiger partial charge in [-0.1, -0.05) is 19.1 Å². The predicted octanol–water partition coefficient (Wildman–Crippen LogP) is 2.80. The van der Waals surface area contributed by atoms with Gasteiger partial charge in [-0.15, -0.1) is 11.3 Å². The third-order valence-corrected chi connectivity index (χ3v) is 5.37. The third-order valence-electron chi connectivity index (χ3n) is 3.11. The van der Waals surface area contributed by atoms with Crippen LogP contribution in [0.15, 0.2) is 35.7 Å². The highest BCUT2D eigenvalue weighted by Gasteiger charge is 2.13. The van der Waals surface area contributed by atoms with Crippen molar-refractivity contribution in [3.05, 3.63) is 57.3 Å². The molecular formula is C15H16N2O2S2. The van der Waals surface area contributed by atoms with Gasteiger partial charge in [0, 0.05) is 11.4 Å². The van der Waals surface area contributed by atoms with Crippen LogP contribution < -0.4 is 4.72 Å². The highest BCUT2D eigenvalue weighted by Crippen LogP contribution is 2.17. The van der Waals surface area contributed by atoms with E-state index in [1.165, 1.54) is 5.56 Å². The molecule has 1 aromatic heterocycles. The van der Waals surface area contributed by atoms with Gasteiger partial charge in [0.25, 0.3) is 0 Å². The summed E-state index contributed by atoms with van der Waals surface area (Å²) < 4.78 is 26.8. The van der Waals surface area contributed by atoms with Gasteiger partial charge >= 0.3 is 0 Å². The topological polar surface area (TPSA) is 70.0 Å². The number of sulfonamides is 1. The second-order valence-corrected chi connectivity index (χ2v) is 7.42. The van der Waals surface area contributed by atoms with Crippen LogP contribution >= 0.6 is 11.3 Å². The minimum absolute atomic E-state index is 0.0778. The van der Waals surface area contributed by atoms with Crippen molar-refractivity contribution < 1.29 is 8.42 Å². The normalized spacial score (nSPS) is 11.2. The Balaban J connectivity index is 2.00. The van der Waals surface area contributed by atoms with Crippen molar-refractivity contribution in [1.29, 1.82) is 5.26 Å². The minimum Gasteiger partial charge on any atom is -0.212 e. The van der Waals surface area contributed by atoms with Crippen LogP contribution in [0, 0.1) is 11.3 Å². The van der Waals surface area contributed by atoms with Gasteiger partial charge in [-0.25, -0.2) is 13.1 Å². The molecule has 1 heterocycles. The average molecular weight is 320 g/mol. The number of aryl methyl sites for hydroxylation is 1. The lowest BCUT2D eigenvalue weighted by Crippen LogP contribution is -2.24. The van der Waals surface area contributed by atoms with E-state index in [2.05, 4.69) is 11.6 Å². The Labute approximate surface area is 129 Å². The van der Waals surface area contributed by atoms with Gasteiger partial charge in [0.05, 0.1) is 17.4 Å². The van der Waals surface area contributed by atoms with Gasteiger partial charge in [0.1, 0.15) is 0 Å². The molecule has 0 saturated carbocycles. The number of thiophene rings is 1. The van der Waals surface area contributed by atoms with Gasteiger partial charge in [0.15, 0.2) is 0 Å². The van der Waals surface area contributed by atoms with Crippen LogP contribution in [0.4, 0.5) is 0 Å². The van der Waals surface area contributed by atoms with Crippen molar-refractivity contribution >= 4 is 21.4 Å². The first-order valence-corrected chi connectivity index (χ1v) is 9.09. The van der Waals surface area contributed by atoms with Crippen LogP contribution in [0.1, 0.15) is 28.5 Å². The molecule has 2 rings (SSSR count). The lowest BCUT2D eigenvalue weighted by atomic mass is 10.2. The summed E-state index contributed by atoms with van der Waals surface area (Å²) in [6, 6.07) is 10.6. The molecule has 6 heteroatoms. The second-order valence-electron chi connectivity index (χ2n) is 4.61. The van der Waals surface area contributed by atoms with E-state index in [-0.39, 0.29) is 5.75 Å². The summed E-state index contributed by atoms with van der Waals surface area (Å²) in [5, 5.41) is 10.7. The Morgan fingerprint density at radius 1 is 1.24 bits per heavy atom. The molecule has 0 amide bonds. The molecule has 2 aromatic rings. The average Bonchev–Trinajstić information content (AvgIpc) is 2.93. The fraction of sp³-hybridized carbons (Fsp3) is 0.267. The van der Waals surface area contributed by atoms with Crippen LogP contribution in [-0.4, -0.2) is 8.42 Å². The highest BCUT2D eigenvalue weighted by molar-refractivity contribution is 7.88. The molecule has 0 radical (unpaired) electrons. The molecule has 110 valence electrons. The maximum absolute atomic E-state index is 12.1. The van der Waals surface area contributed by atoms with E-state index < -0.39 is 10.0 Å². The molecule has 0 fully saturated rings. The lowest BCUT2D eigenvalue weighted by Gasteiger charge is -2.07. The standard InChI is InChI=1S/C15H16N2O2S2/c1-2-14-7-8-20-15(14)10-17-21(18,19)11-13-5-3-12(9-16)4-6-13/h3-8,17H,2,10-11H2,1H3. The highest BCUT2D eigenvalue weighted by atomic mass is 32.2. The summed E-state index contributed by atoms with van der Waals surface area (Å²) in [4.78, 5) is 1.06. The molecule has 0 atom stereocenters. The second kappa shape index (κ2) is 6.85. The van der Waals surface area contributed by atoms with Crippen molar-refractivity contribution in [2.45, 2.75) is 25.6 Å². The molecule has 4 nitrogen and oxygen atoms in total. The van der Waals surface area contributed by atoms with Gasteiger partial charge in [-0.3, -0.25) is 0 Å². The molecular weight excluding hydrogens is 304 g/mol. The zero-order valence-electron chi connectivity index (χ0n) is 11.7. The Hall–Kier alpha value is -1.68. The van der Waals surface area contributed by atoms with E-state index >= 15 is 0 Å². The number of hydrogen-bond acceptors (Lipinski definition) is 4. The summed E-state index contributed by atoms with van der Waals surface area (Å²) in [6.45, 7) is 2.39. The van der Waals surface area contributed by atoms with E-state index in [1.54, 1.807) is 35.6 Å². The van der Waals surface area contributed by atoms with E-state index in [4.69, 9.17) is 5.26 Å². The molecule has 0 spiro atoms. The smallest absolute Gasteiger partial charge is 0.212 e. The number of rotatable bonds is 6. The molecule has 0 aliphatic carbocycles. The Morgan fingerprint density at radius 2 is 1.95 bits per heavy atom. The van der Waals surface area contributed by atoms with E-state index in [1.807, 2.05) is 17.5 Å².